The van der Waals surface area contributed by atoms with Crippen LogP contribution in [0.5, 0.6) is 0 Å². The minimum atomic E-state index is 0.389. The van der Waals surface area contributed by atoms with Crippen LogP contribution in [-0.4, -0.2) is 29.1 Å². The zero-order valence-electron chi connectivity index (χ0n) is 11.0. The highest BCUT2D eigenvalue weighted by Gasteiger charge is 2.27. The van der Waals surface area contributed by atoms with Gasteiger partial charge in [0, 0.05) is 30.5 Å². The summed E-state index contributed by atoms with van der Waals surface area (Å²) in [6, 6.07) is 2.40. The van der Waals surface area contributed by atoms with E-state index in [0.717, 1.165) is 36.2 Å². The van der Waals surface area contributed by atoms with Gasteiger partial charge in [0.05, 0.1) is 0 Å². The molecular weight excluding hydrogens is 212 g/mol. The molecule has 2 atom stereocenters. The Morgan fingerprint density at radius 3 is 2.59 bits per heavy atom. The molecule has 17 heavy (non-hydrogen) atoms. The quantitative estimate of drug-likeness (QED) is 0.845. The molecule has 1 saturated heterocycles. The van der Waals surface area contributed by atoms with Crippen LogP contribution in [0, 0.1) is 19.8 Å². The van der Waals surface area contributed by atoms with E-state index in [1.807, 2.05) is 19.9 Å². The van der Waals surface area contributed by atoms with Gasteiger partial charge in [0.1, 0.15) is 0 Å². The van der Waals surface area contributed by atoms with Crippen molar-refractivity contribution >= 4 is 5.95 Å². The lowest BCUT2D eigenvalue weighted by Crippen LogP contribution is -2.47. The van der Waals surface area contributed by atoms with Crippen molar-refractivity contribution in [1.29, 1.82) is 0 Å². The highest BCUT2D eigenvalue weighted by molar-refractivity contribution is 5.34. The predicted octanol–water partition coefficient (Wildman–Crippen LogP) is 1.66. The average molecular weight is 234 g/mol. The van der Waals surface area contributed by atoms with Gasteiger partial charge in [-0.25, -0.2) is 9.97 Å². The number of aromatic nitrogens is 2. The maximum absolute atomic E-state index is 5.87. The predicted molar refractivity (Wildman–Crippen MR) is 70.1 cm³/mol. The highest BCUT2D eigenvalue weighted by atomic mass is 15.3. The lowest BCUT2D eigenvalue weighted by molar-refractivity contribution is 0.362. The molecule has 0 saturated carbocycles. The van der Waals surface area contributed by atoms with Gasteiger partial charge in [0.2, 0.25) is 5.95 Å². The van der Waals surface area contributed by atoms with Crippen LogP contribution in [0.2, 0.25) is 0 Å². The van der Waals surface area contributed by atoms with Crippen molar-refractivity contribution in [1.82, 2.24) is 9.97 Å². The second-order valence-electron chi connectivity index (χ2n) is 5.16. The van der Waals surface area contributed by atoms with Gasteiger partial charge in [-0.05, 0) is 38.7 Å². The van der Waals surface area contributed by atoms with E-state index in [1.165, 1.54) is 6.42 Å². The molecule has 2 rings (SSSR count). The molecule has 4 heteroatoms. The lowest BCUT2D eigenvalue weighted by Gasteiger charge is -2.38. The van der Waals surface area contributed by atoms with Gasteiger partial charge in [-0.2, -0.15) is 0 Å². The third kappa shape index (κ3) is 2.75. The molecule has 1 aromatic heterocycles. The van der Waals surface area contributed by atoms with Crippen LogP contribution in [0.1, 0.15) is 31.2 Å². The first-order valence-corrected chi connectivity index (χ1v) is 6.39. The van der Waals surface area contributed by atoms with Gasteiger partial charge in [-0.1, -0.05) is 6.92 Å². The zero-order chi connectivity index (χ0) is 12.4. The van der Waals surface area contributed by atoms with Crippen molar-refractivity contribution in [3.63, 3.8) is 0 Å². The molecule has 0 radical (unpaired) electrons. The van der Waals surface area contributed by atoms with Crippen LogP contribution >= 0.6 is 0 Å². The lowest BCUT2D eigenvalue weighted by atomic mass is 9.93. The third-order valence-electron chi connectivity index (χ3n) is 3.48. The number of rotatable bonds is 2. The van der Waals surface area contributed by atoms with E-state index in [4.69, 9.17) is 5.73 Å². The molecule has 0 aliphatic carbocycles. The summed E-state index contributed by atoms with van der Waals surface area (Å²) in [7, 11) is 0. The first-order chi connectivity index (χ1) is 8.10. The Labute approximate surface area is 103 Å². The van der Waals surface area contributed by atoms with Gasteiger partial charge in [-0.3, -0.25) is 0 Å². The number of hydrogen-bond donors (Lipinski definition) is 1. The second kappa shape index (κ2) is 5.00. The SMILES string of the molecule is Cc1cc(C)nc(N2CCC(C)CC2CN)n1. The molecule has 1 aliphatic rings. The second-order valence-corrected chi connectivity index (χ2v) is 5.16. The smallest absolute Gasteiger partial charge is 0.226 e. The van der Waals surface area contributed by atoms with Crippen molar-refractivity contribution < 1.29 is 0 Å². The summed E-state index contributed by atoms with van der Waals surface area (Å²) in [5, 5.41) is 0. The standard InChI is InChI=1S/C13H22N4/c1-9-4-5-17(12(6-9)8-14)13-15-10(2)7-11(3)16-13/h7,9,12H,4-6,8,14H2,1-3H3. The topological polar surface area (TPSA) is 55.0 Å². The van der Waals surface area contributed by atoms with Gasteiger partial charge in [0.25, 0.3) is 0 Å². The maximum atomic E-state index is 5.87. The molecule has 0 aromatic carbocycles. The normalized spacial score (nSPS) is 25.1. The number of anilines is 1. The fraction of sp³-hybridized carbons (Fsp3) is 0.692. The molecule has 94 valence electrons. The summed E-state index contributed by atoms with van der Waals surface area (Å²) in [6.45, 7) is 8.03. The third-order valence-corrected chi connectivity index (χ3v) is 3.48. The molecule has 2 N–H and O–H groups in total. The van der Waals surface area contributed by atoms with E-state index >= 15 is 0 Å². The molecule has 1 fully saturated rings. The van der Waals surface area contributed by atoms with Crippen LogP contribution in [0.15, 0.2) is 6.07 Å². The van der Waals surface area contributed by atoms with E-state index in [2.05, 4.69) is 21.8 Å². The molecular formula is C13H22N4. The molecule has 2 heterocycles. The highest BCUT2D eigenvalue weighted by Crippen LogP contribution is 2.25. The summed E-state index contributed by atoms with van der Waals surface area (Å²) in [6.07, 6.45) is 2.35. The van der Waals surface area contributed by atoms with Gasteiger partial charge < -0.3 is 10.6 Å². The molecule has 0 amide bonds. The van der Waals surface area contributed by atoms with E-state index in [1.54, 1.807) is 0 Å². The van der Waals surface area contributed by atoms with E-state index in [-0.39, 0.29) is 0 Å². The number of nitrogens with two attached hydrogens (primary N) is 1. The summed E-state index contributed by atoms with van der Waals surface area (Å²) in [4.78, 5) is 11.4. The molecule has 2 unspecified atom stereocenters. The van der Waals surface area contributed by atoms with Crippen molar-refractivity contribution in [3.05, 3.63) is 17.5 Å². The number of aryl methyl sites for hydroxylation is 2. The minimum absolute atomic E-state index is 0.389. The molecule has 0 spiro atoms. The Bertz CT molecular complexity index is 371. The van der Waals surface area contributed by atoms with Crippen LogP contribution in [-0.2, 0) is 0 Å². The van der Waals surface area contributed by atoms with Crippen LogP contribution < -0.4 is 10.6 Å². The molecule has 0 bridgehead atoms. The van der Waals surface area contributed by atoms with Crippen molar-refractivity contribution in [3.8, 4) is 0 Å². The summed E-state index contributed by atoms with van der Waals surface area (Å²) in [5.74, 6) is 1.61. The first-order valence-electron chi connectivity index (χ1n) is 6.39. The summed E-state index contributed by atoms with van der Waals surface area (Å²) in [5.41, 5.74) is 7.93. The number of nitrogens with zero attached hydrogens (tertiary/aromatic N) is 3. The van der Waals surface area contributed by atoms with Gasteiger partial charge in [0.15, 0.2) is 0 Å². The fourth-order valence-corrected chi connectivity index (χ4v) is 2.57. The molecule has 1 aliphatic heterocycles. The summed E-state index contributed by atoms with van der Waals surface area (Å²) >= 11 is 0. The monoisotopic (exact) mass is 234 g/mol. The Morgan fingerprint density at radius 2 is 2.00 bits per heavy atom. The average Bonchev–Trinajstić information content (AvgIpc) is 2.27. The largest absolute Gasteiger partial charge is 0.337 e. The number of hydrogen-bond acceptors (Lipinski definition) is 4. The van der Waals surface area contributed by atoms with Crippen LogP contribution in [0.25, 0.3) is 0 Å². The number of piperidine rings is 1. The summed E-state index contributed by atoms with van der Waals surface area (Å²) < 4.78 is 0. The van der Waals surface area contributed by atoms with Crippen LogP contribution in [0.3, 0.4) is 0 Å². The van der Waals surface area contributed by atoms with E-state index in [9.17, 15) is 0 Å². The van der Waals surface area contributed by atoms with Crippen LogP contribution in [0.4, 0.5) is 5.95 Å². The Kier molecular flexibility index (Phi) is 3.62. The van der Waals surface area contributed by atoms with Crippen molar-refractivity contribution in [2.45, 2.75) is 39.7 Å². The zero-order valence-corrected chi connectivity index (χ0v) is 11.0. The van der Waals surface area contributed by atoms with Crippen molar-refractivity contribution in [2.24, 2.45) is 11.7 Å². The van der Waals surface area contributed by atoms with Crippen molar-refractivity contribution in [2.75, 3.05) is 18.0 Å². The Balaban J connectivity index is 2.25. The minimum Gasteiger partial charge on any atom is -0.337 e. The van der Waals surface area contributed by atoms with E-state index < -0.39 is 0 Å². The molecule has 1 aromatic rings. The van der Waals surface area contributed by atoms with E-state index in [0.29, 0.717) is 12.6 Å². The fourth-order valence-electron chi connectivity index (χ4n) is 2.57. The van der Waals surface area contributed by atoms with Gasteiger partial charge >= 0.3 is 0 Å². The maximum Gasteiger partial charge on any atom is 0.226 e. The Hall–Kier alpha value is -1.16. The first kappa shape index (κ1) is 12.3. The molecule has 4 nitrogen and oxygen atoms in total. The van der Waals surface area contributed by atoms with Gasteiger partial charge in [-0.15, -0.1) is 0 Å². The Morgan fingerprint density at radius 1 is 1.35 bits per heavy atom.